The van der Waals surface area contributed by atoms with Crippen LogP contribution in [0.25, 0.3) is 33.1 Å². The standard InChI is InChI=1S/C25H26FN3O2/c1-30-11-10-24-28-23-15-27-22-7-4-19(18-2-5-20(26)6-3-18)14-21(22)25(23)29(24)16-17-8-12-31-13-9-17/h2-7,14-15,17H,8-13,16H2,1H3. The van der Waals surface area contributed by atoms with Gasteiger partial charge in [-0.25, -0.2) is 9.37 Å². The molecule has 0 bridgehead atoms. The average Bonchev–Trinajstić information content (AvgIpc) is 3.16. The molecule has 0 aliphatic carbocycles. The van der Waals surface area contributed by atoms with Crippen LogP contribution in [0, 0.1) is 11.7 Å². The quantitative estimate of drug-likeness (QED) is 0.441. The highest BCUT2D eigenvalue weighted by molar-refractivity contribution is 6.04. The Bertz CT molecular complexity index is 1200. The summed E-state index contributed by atoms with van der Waals surface area (Å²) in [7, 11) is 1.72. The maximum Gasteiger partial charge on any atom is 0.123 e. The molecule has 6 heteroatoms. The highest BCUT2D eigenvalue weighted by atomic mass is 19.1. The van der Waals surface area contributed by atoms with Crippen molar-refractivity contribution in [2.45, 2.75) is 25.8 Å². The first-order valence-electron chi connectivity index (χ1n) is 10.8. The summed E-state index contributed by atoms with van der Waals surface area (Å²) in [4.78, 5) is 9.57. The number of benzene rings is 2. The highest BCUT2D eigenvalue weighted by Gasteiger charge is 2.20. The molecule has 1 aliphatic heterocycles. The van der Waals surface area contributed by atoms with Crippen LogP contribution >= 0.6 is 0 Å². The molecule has 3 heterocycles. The summed E-state index contributed by atoms with van der Waals surface area (Å²) >= 11 is 0. The lowest BCUT2D eigenvalue weighted by Gasteiger charge is -2.23. The fourth-order valence-electron chi connectivity index (χ4n) is 4.45. The summed E-state index contributed by atoms with van der Waals surface area (Å²) in [6.45, 7) is 3.19. The third kappa shape index (κ3) is 4.05. The number of hydrogen-bond acceptors (Lipinski definition) is 4. The number of fused-ring (bicyclic) bond motifs is 3. The van der Waals surface area contributed by atoms with Crippen molar-refractivity contribution in [1.82, 2.24) is 14.5 Å². The van der Waals surface area contributed by atoms with E-state index in [1.165, 1.54) is 12.1 Å². The van der Waals surface area contributed by atoms with Gasteiger partial charge in [0.2, 0.25) is 0 Å². The molecule has 1 fully saturated rings. The summed E-state index contributed by atoms with van der Waals surface area (Å²) < 4.78 is 26.7. The Morgan fingerprint density at radius 2 is 1.84 bits per heavy atom. The van der Waals surface area contributed by atoms with Crippen LogP contribution in [0.2, 0.25) is 0 Å². The Morgan fingerprint density at radius 3 is 2.61 bits per heavy atom. The Kier molecular flexibility index (Phi) is 5.66. The number of hydrogen-bond donors (Lipinski definition) is 0. The van der Waals surface area contributed by atoms with Gasteiger partial charge in [-0.15, -0.1) is 0 Å². The second kappa shape index (κ2) is 8.73. The van der Waals surface area contributed by atoms with Gasteiger partial charge in [0.1, 0.15) is 17.2 Å². The SMILES string of the molecule is COCCc1nc2cnc3ccc(-c4ccc(F)cc4)cc3c2n1CC1CCOCC1. The minimum Gasteiger partial charge on any atom is -0.384 e. The van der Waals surface area contributed by atoms with Crippen molar-refractivity contribution in [2.75, 3.05) is 26.9 Å². The molecule has 31 heavy (non-hydrogen) atoms. The zero-order chi connectivity index (χ0) is 21.2. The summed E-state index contributed by atoms with van der Waals surface area (Å²) in [6, 6.07) is 12.8. The van der Waals surface area contributed by atoms with E-state index in [4.69, 9.17) is 14.5 Å². The molecule has 0 amide bonds. The zero-order valence-electron chi connectivity index (χ0n) is 17.7. The molecule has 5 rings (SSSR count). The first-order chi connectivity index (χ1) is 15.2. The van der Waals surface area contributed by atoms with Crippen molar-refractivity contribution in [2.24, 2.45) is 5.92 Å². The molecule has 1 aliphatic rings. The topological polar surface area (TPSA) is 49.2 Å². The van der Waals surface area contributed by atoms with Crippen LogP contribution in [0.5, 0.6) is 0 Å². The Hall–Kier alpha value is -2.83. The number of halogens is 1. The minimum absolute atomic E-state index is 0.231. The smallest absolute Gasteiger partial charge is 0.123 e. The molecule has 0 saturated carbocycles. The zero-order valence-corrected chi connectivity index (χ0v) is 17.7. The van der Waals surface area contributed by atoms with Crippen molar-refractivity contribution < 1.29 is 13.9 Å². The fraction of sp³-hybridized carbons (Fsp3) is 0.360. The van der Waals surface area contributed by atoms with E-state index < -0.39 is 0 Å². The van der Waals surface area contributed by atoms with Crippen molar-refractivity contribution in [3.8, 4) is 11.1 Å². The Balaban J connectivity index is 1.66. The van der Waals surface area contributed by atoms with Gasteiger partial charge in [0.05, 0.1) is 23.8 Å². The van der Waals surface area contributed by atoms with Gasteiger partial charge in [0.25, 0.3) is 0 Å². The number of methoxy groups -OCH3 is 1. The normalized spacial score (nSPS) is 15.2. The fourth-order valence-corrected chi connectivity index (χ4v) is 4.45. The van der Waals surface area contributed by atoms with Gasteiger partial charge in [-0.1, -0.05) is 18.2 Å². The van der Waals surface area contributed by atoms with Gasteiger partial charge in [-0.3, -0.25) is 4.98 Å². The lowest BCUT2D eigenvalue weighted by atomic mass is 9.99. The second-order valence-electron chi connectivity index (χ2n) is 8.17. The molecule has 4 aromatic rings. The molecular weight excluding hydrogens is 393 g/mol. The first kappa shape index (κ1) is 20.1. The minimum atomic E-state index is -0.231. The van der Waals surface area contributed by atoms with E-state index in [9.17, 15) is 4.39 Å². The number of ether oxygens (including phenoxy) is 2. The predicted octanol–water partition coefficient (Wildman–Crippen LogP) is 5.01. The average molecular weight is 420 g/mol. The third-order valence-corrected chi connectivity index (χ3v) is 6.14. The van der Waals surface area contributed by atoms with Gasteiger partial charge >= 0.3 is 0 Å². The third-order valence-electron chi connectivity index (χ3n) is 6.14. The van der Waals surface area contributed by atoms with Gasteiger partial charge < -0.3 is 14.0 Å². The molecule has 160 valence electrons. The van der Waals surface area contributed by atoms with E-state index in [0.29, 0.717) is 12.5 Å². The first-order valence-corrected chi connectivity index (χ1v) is 10.8. The molecule has 2 aromatic heterocycles. The summed E-state index contributed by atoms with van der Waals surface area (Å²) in [5.41, 5.74) is 4.98. The summed E-state index contributed by atoms with van der Waals surface area (Å²) in [5.74, 6) is 1.37. The van der Waals surface area contributed by atoms with Gasteiger partial charge in [-0.05, 0) is 54.2 Å². The largest absolute Gasteiger partial charge is 0.384 e. The number of pyridine rings is 1. The Morgan fingerprint density at radius 1 is 1.06 bits per heavy atom. The van der Waals surface area contributed by atoms with E-state index in [2.05, 4.69) is 15.6 Å². The van der Waals surface area contributed by atoms with E-state index in [0.717, 1.165) is 77.9 Å². The highest BCUT2D eigenvalue weighted by Crippen LogP contribution is 2.31. The summed E-state index contributed by atoms with van der Waals surface area (Å²) in [6.07, 6.45) is 4.75. The van der Waals surface area contributed by atoms with Crippen LogP contribution in [0.4, 0.5) is 4.39 Å². The Labute approximate surface area is 180 Å². The lowest BCUT2D eigenvalue weighted by Crippen LogP contribution is -2.21. The molecule has 0 spiro atoms. The van der Waals surface area contributed by atoms with Crippen LogP contribution in [0.15, 0.2) is 48.7 Å². The van der Waals surface area contributed by atoms with E-state index >= 15 is 0 Å². The van der Waals surface area contributed by atoms with Crippen molar-refractivity contribution in [1.29, 1.82) is 0 Å². The number of imidazole rings is 1. The van der Waals surface area contributed by atoms with Gasteiger partial charge in [-0.2, -0.15) is 0 Å². The van der Waals surface area contributed by atoms with Gasteiger partial charge in [0, 0.05) is 38.7 Å². The number of nitrogens with zero attached hydrogens (tertiary/aromatic N) is 3. The van der Waals surface area contributed by atoms with E-state index in [-0.39, 0.29) is 5.82 Å². The maximum absolute atomic E-state index is 13.4. The maximum atomic E-state index is 13.4. The lowest BCUT2D eigenvalue weighted by molar-refractivity contribution is 0.0612. The molecule has 0 unspecified atom stereocenters. The number of rotatable bonds is 6. The van der Waals surface area contributed by atoms with Crippen LogP contribution < -0.4 is 0 Å². The monoisotopic (exact) mass is 419 g/mol. The molecule has 5 nitrogen and oxygen atoms in total. The van der Waals surface area contributed by atoms with E-state index in [1.807, 2.05) is 30.5 Å². The van der Waals surface area contributed by atoms with Crippen LogP contribution in [-0.4, -0.2) is 41.5 Å². The second-order valence-corrected chi connectivity index (χ2v) is 8.17. The van der Waals surface area contributed by atoms with Crippen LogP contribution in [0.1, 0.15) is 18.7 Å². The molecule has 0 radical (unpaired) electrons. The number of aromatic nitrogens is 3. The van der Waals surface area contributed by atoms with Crippen molar-refractivity contribution in [3.63, 3.8) is 0 Å². The van der Waals surface area contributed by atoms with Crippen molar-refractivity contribution >= 4 is 21.9 Å². The molecule has 2 aromatic carbocycles. The molecular formula is C25H26FN3O2. The van der Waals surface area contributed by atoms with Crippen LogP contribution in [0.3, 0.4) is 0 Å². The van der Waals surface area contributed by atoms with Crippen molar-refractivity contribution in [3.05, 3.63) is 60.3 Å². The van der Waals surface area contributed by atoms with E-state index in [1.54, 1.807) is 7.11 Å². The van der Waals surface area contributed by atoms with Crippen LogP contribution in [-0.2, 0) is 22.4 Å². The van der Waals surface area contributed by atoms with Gasteiger partial charge in [0.15, 0.2) is 0 Å². The molecule has 0 N–H and O–H groups in total. The summed E-state index contributed by atoms with van der Waals surface area (Å²) in [5, 5.41) is 1.07. The predicted molar refractivity (Wildman–Crippen MR) is 120 cm³/mol. The molecule has 0 atom stereocenters. The molecule has 1 saturated heterocycles.